The van der Waals surface area contributed by atoms with Crippen molar-refractivity contribution in [3.05, 3.63) is 69.8 Å². The van der Waals surface area contributed by atoms with Crippen molar-refractivity contribution < 1.29 is 9.59 Å². The number of rotatable bonds is 8. The standard InChI is InChI=1S/C27H33Cl2N5O2/c1-6-7-14-33(26(36)30-19-10-8-18(2)9-11-19)17-25(35)31-24-16-23(27(3,4)5)32-34(24)20-12-13-21(28)22(29)15-20/h8-13,15-16H,6-7,14,17H2,1-5H3,(H,30,36)(H,31,35). The maximum atomic E-state index is 13.1. The summed E-state index contributed by atoms with van der Waals surface area (Å²) in [7, 11) is 0. The molecule has 0 atom stereocenters. The topological polar surface area (TPSA) is 79.3 Å². The van der Waals surface area contributed by atoms with Gasteiger partial charge in [0.05, 0.1) is 21.4 Å². The fourth-order valence-corrected chi connectivity index (χ4v) is 3.74. The molecule has 7 nitrogen and oxygen atoms in total. The number of nitrogens with zero attached hydrogens (tertiary/aromatic N) is 3. The number of anilines is 2. The second-order valence-electron chi connectivity index (χ2n) is 9.79. The quantitative estimate of drug-likeness (QED) is 0.327. The fourth-order valence-electron chi connectivity index (χ4n) is 3.45. The predicted molar refractivity (Wildman–Crippen MR) is 148 cm³/mol. The van der Waals surface area contributed by atoms with Gasteiger partial charge in [-0.1, -0.05) is 75.0 Å². The fraction of sp³-hybridized carbons (Fsp3) is 0.370. The van der Waals surface area contributed by atoms with Crippen molar-refractivity contribution in [2.75, 3.05) is 23.7 Å². The number of carbonyl (C=O) groups excluding carboxylic acids is 2. The van der Waals surface area contributed by atoms with Crippen LogP contribution in [0.15, 0.2) is 48.5 Å². The summed E-state index contributed by atoms with van der Waals surface area (Å²) in [6.45, 7) is 10.5. The maximum absolute atomic E-state index is 13.1. The Morgan fingerprint density at radius 1 is 1.00 bits per heavy atom. The first-order valence-electron chi connectivity index (χ1n) is 12.0. The lowest BCUT2D eigenvalue weighted by molar-refractivity contribution is -0.116. The van der Waals surface area contributed by atoms with Crippen LogP contribution in [0.4, 0.5) is 16.3 Å². The van der Waals surface area contributed by atoms with Crippen LogP contribution >= 0.6 is 23.2 Å². The van der Waals surface area contributed by atoms with Gasteiger partial charge in [0.25, 0.3) is 0 Å². The van der Waals surface area contributed by atoms with E-state index in [9.17, 15) is 9.59 Å². The molecule has 0 unspecified atom stereocenters. The molecule has 0 fully saturated rings. The van der Waals surface area contributed by atoms with Crippen LogP contribution in [-0.2, 0) is 10.2 Å². The molecule has 9 heteroatoms. The molecule has 0 spiro atoms. The number of aromatic nitrogens is 2. The van der Waals surface area contributed by atoms with Crippen molar-refractivity contribution >= 4 is 46.6 Å². The van der Waals surface area contributed by atoms with Gasteiger partial charge in [-0.25, -0.2) is 9.48 Å². The minimum absolute atomic E-state index is 0.102. The highest BCUT2D eigenvalue weighted by molar-refractivity contribution is 6.42. The van der Waals surface area contributed by atoms with E-state index in [1.54, 1.807) is 22.9 Å². The predicted octanol–water partition coefficient (Wildman–Crippen LogP) is 7.06. The summed E-state index contributed by atoms with van der Waals surface area (Å²) >= 11 is 12.3. The number of unbranched alkanes of at least 4 members (excludes halogenated alkanes) is 1. The van der Waals surface area contributed by atoms with E-state index >= 15 is 0 Å². The van der Waals surface area contributed by atoms with E-state index in [0.717, 1.165) is 24.1 Å². The second kappa shape index (κ2) is 11.8. The Labute approximate surface area is 222 Å². The Bertz CT molecular complexity index is 1220. The molecule has 3 amide bonds. The summed E-state index contributed by atoms with van der Waals surface area (Å²) in [5.74, 6) is 0.157. The van der Waals surface area contributed by atoms with Crippen LogP contribution in [0.3, 0.4) is 0 Å². The molecule has 0 radical (unpaired) electrons. The number of urea groups is 1. The van der Waals surface area contributed by atoms with Crippen molar-refractivity contribution in [1.82, 2.24) is 14.7 Å². The van der Waals surface area contributed by atoms with Gasteiger partial charge in [0.1, 0.15) is 12.4 Å². The van der Waals surface area contributed by atoms with Gasteiger partial charge in [0.15, 0.2) is 0 Å². The van der Waals surface area contributed by atoms with Gasteiger partial charge in [0.2, 0.25) is 5.91 Å². The molecular weight excluding hydrogens is 497 g/mol. The number of nitrogens with one attached hydrogen (secondary N) is 2. The first-order valence-corrected chi connectivity index (χ1v) is 12.7. The van der Waals surface area contributed by atoms with Gasteiger partial charge < -0.3 is 15.5 Å². The summed E-state index contributed by atoms with van der Waals surface area (Å²) < 4.78 is 1.63. The van der Waals surface area contributed by atoms with Crippen LogP contribution in [0.5, 0.6) is 0 Å². The third-order valence-electron chi connectivity index (χ3n) is 5.60. The maximum Gasteiger partial charge on any atom is 0.322 e. The van der Waals surface area contributed by atoms with Crippen molar-refractivity contribution in [2.45, 2.75) is 52.9 Å². The van der Waals surface area contributed by atoms with E-state index < -0.39 is 0 Å². The molecule has 0 saturated heterocycles. The average Bonchev–Trinajstić information content (AvgIpc) is 3.24. The highest BCUT2D eigenvalue weighted by Crippen LogP contribution is 2.29. The van der Waals surface area contributed by atoms with Gasteiger partial charge in [0, 0.05) is 23.7 Å². The Hall–Kier alpha value is -3.03. The number of carbonyl (C=O) groups is 2. The van der Waals surface area contributed by atoms with Crippen LogP contribution < -0.4 is 10.6 Å². The van der Waals surface area contributed by atoms with E-state index in [1.807, 2.05) is 65.0 Å². The van der Waals surface area contributed by atoms with Crippen LogP contribution in [0.25, 0.3) is 5.69 Å². The number of amides is 3. The van der Waals surface area contributed by atoms with Gasteiger partial charge in [-0.15, -0.1) is 0 Å². The van der Waals surface area contributed by atoms with E-state index in [2.05, 4.69) is 10.6 Å². The minimum Gasteiger partial charge on any atom is -0.315 e. The van der Waals surface area contributed by atoms with E-state index in [-0.39, 0.29) is 23.9 Å². The summed E-state index contributed by atoms with van der Waals surface area (Å²) in [5.41, 5.74) is 2.99. The first kappa shape index (κ1) is 27.6. The van der Waals surface area contributed by atoms with Gasteiger partial charge in [-0.05, 0) is 43.7 Å². The molecular formula is C27H33Cl2N5O2. The third-order valence-corrected chi connectivity index (χ3v) is 6.34. The highest BCUT2D eigenvalue weighted by Gasteiger charge is 2.23. The van der Waals surface area contributed by atoms with Crippen molar-refractivity contribution in [3.63, 3.8) is 0 Å². The molecule has 0 aliphatic rings. The summed E-state index contributed by atoms with van der Waals surface area (Å²) in [6.07, 6.45) is 1.68. The van der Waals surface area contributed by atoms with Crippen LogP contribution in [0.2, 0.25) is 10.0 Å². The van der Waals surface area contributed by atoms with Crippen molar-refractivity contribution in [3.8, 4) is 5.69 Å². The van der Waals surface area contributed by atoms with E-state index in [1.165, 1.54) is 4.90 Å². The normalized spacial score (nSPS) is 11.3. The number of aryl methyl sites for hydroxylation is 1. The zero-order chi connectivity index (χ0) is 26.5. The molecule has 2 aromatic carbocycles. The lowest BCUT2D eigenvalue weighted by Crippen LogP contribution is -2.41. The zero-order valence-electron chi connectivity index (χ0n) is 21.4. The Morgan fingerprint density at radius 3 is 2.31 bits per heavy atom. The molecule has 36 heavy (non-hydrogen) atoms. The number of benzene rings is 2. The molecule has 3 rings (SSSR count). The smallest absolute Gasteiger partial charge is 0.315 e. The molecule has 0 saturated carbocycles. The summed E-state index contributed by atoms with van der Waals surface area (Å²) in [5, 5.41) is 11.3. The minimum atomic E-state index is -0.327. The summed E-state index contributed by atoms with van der Waals surface area (Å²) in [6, 6.07) is 14.2. The Morgan fingerprint density at radius 2 is 1.69 bits per heavy atom. The second-order valence-corrected chi connectivity index (χ2v) is 10.6. The van der Waals surface area contributed by atoms with Gasteiger partial charge >= 0.3 is 6.03 Å². The molecule has 0 bridgehead atoms. The van der Waals surface area contributed by atoms with Gasteiger partial charge in [-0.3, -0.25) is 4.79 Å². The molecule has 1 heterocycles. The third kappa shape index (κ3) is 7.24. The first-order chi connectivity index (χ1) is 17.0. The van der Waals surface area contributed by atoms with E-state index in [0.29, 0.717) is 33.8 Å². The largest absolute Gasteiger partial charge is 0.322 e. The highest BCUT2D eigenvalue weighted by atomic mass is 35.5. The van der Waals surface area contributed by atoms with Crippen LogP contribution in [-0.4, -0.2) is 39.7 Å². The molecule has 0 aliphatic carbocycles. The molecule has 1 aromatic heterocycles. The average molecular weight is 531 g/mol. The lowest BCUT2D eigenvalue weighted by atomic mass is 9.92. The van der Waals surface area contributed by atoms with Crippen molar-refractivity contribution in [1.29, 1.82) is 0 Å². The number of hydrogen-bond donors (Lipinski definition) is 2. The number of halogens is 2. The lowest BCUT2D eigenvalue weighted by Gasteiger charge is -2.22. The zero-order valence-corrected chi connectivity index (χ0v) is 22.9. The SMILES string of the molecule is CCCCN(CC(=O)Nc1cc(C(C)(C)C)nn1-c1ccc(Cl)c(Cl)c1)C(=O)Nc1ccc(C)cc1. The van der Waals surface area contributed by atoms with Gasteiger partial charge in [-0.2, -0.15) is 5.10 Å². The number of hydrogen-bond acceptors (Lipinski definition) is 3. The molecule has 2 N–H and O–H groups in total. The van der Waals surface area contributed by atoms with Crippen LogP contribution in [0, 0.1) is 6.92 Å². The van der Waals surface area contributed by atoms with Crippen molar-refractivity contribution in [2.24, 2.45) is 0 Å². The Kier molecular flexibility index (Phi) is 9.03. The molecule has 0 aliphatic heterocycles. The van der Waals surface area contributed by atoms with Crippen LogP contribution in [0.1, 0.15) is 51.8 Å². The monoisotopic (exact) mass is 529 g/mol. The molecule has 192 valence electrons. The van der Waals surface area contributed by atoms with E-state index in [4.69, 9.17) is 28.3 Å². The summed E-state index contributed by atoms with van der Waals surface area (Å²) in [4.78, 5) is 27.6. The molecule has 3 aromatic rings. The Balaban J connectivity index is 1.82.